The number of aromatic nitrogens is 2. The first kappa shape index (κ1) is 14.5. The molecule has 1 aromatic heterocycles. The number of rotatable bonds is 6. The molecule has 0 aliphatic heterocycles. The molecule has 1 N–H and O–H groups in total. The van der Waals surface area contributed by atoms with Crippen LogP contribution in [0, 0.1) is 0 Å². The van der Waals surface area contributed by atoms with Crippen LogP contribution < -0.4 is 5.32 Å². The molecule has 1 aromatic rings. The van der Waals surface area contributed by atoms with E-state index in [0.29, 0.717) is 6.04 Å². The molecule has 0 radical (unpaired) electrons. The van der Waals surface area contributed by atoms with Gasteiger partial charge >= 0.3 is 0 Å². The molecular weight excluding hydrogens is 236 g/mol. The standard InChI is InChI=1S/C12H22N4.ClH/c1-10(16(3)12-4-5-12)8-13-9-11-6-7-15(2)14-11;/h6-7,10,12-13H,4-5,8-9H2,1-3H3;1H. The third kappa shape index (κ3) is 4.30. The Balaban J connectivity index is 0.00000144. The van der Waals surface area contributed by atoms with Crippen molar-refractivity contribution in [1.82, 2.24) is 20.0 Å². The molecule has 0 spiro atoms. The van der Waals surface area contributed by atoms with Gasteiger partial charge in [-0.3, -0.25) is 9.58 Å². The minimum absolute atomic E-state index is 0. The molecule has 1 fully saturated rings. The van der Waals surface area contributed by atoms with Gasteiger partial charge in [0.1, 0.15) is 0 Å². The molecule has 1 unspecified atom stereocenters. The van der Waals surface area contributed by atoms with Crippen LogP contribution in [0.25, 0.3) is 0 Å². The molecule has 1 saturated carbocycles. The highest BCUT2D eigenvalue weighted by Gasteiger charge is 2.28. The monoisotopic (exact) mass is 258 g/mol. The highest BCUT2D eigenvalue weighted by molar-refractivity contribution is 5.85. The van der Waals surface area contributed by atoms with Crippen LogP contribution in [0.15, 0.2) is 12.3 Å². The van der Waals surface area contributed by atoms with Crippen molar-refractivity contribution < 1.29 is 0 Å². The first-order chi connectivity index (χ1) is 7.66. The van der Waals surface area contributed by atoms with Crippen LogP contribution in [0.2, 0.25) is 0 Å². The first-order valence-electron chi connectivity index (χ1n) is 6.08. The van der Waals surface area contributed by atoms with Gasteiger partial charge in [-0.1, -0.05) is 0 Å². The Morgan fingerprint density at radius 1 is 1.59 bits per heavy atom. The SMILES string of the molecule is CC(CNCc1ccn(C)n1)N(C)C1CC1.Cl. The summed E-state index contributed by atoms with van der Waals surface area (Å²) in [7, 11) is 4.18. The second-order valence-corrected chi connectivity index (χ2v) is 4.86. The van der Waals surface area contributed by atoms with Crippen LogP contribution >= 0.6 is 12.4 Å². The first-order valence-corrected chi connectivity index (χ1v) is 6.08. The molecule has 1 aliphatic carbocycles. The van der Waals surface area contributed by atoms with Crippen molar-refractivity contribution in [3.8, 4) is 0 Å². The van der Waals surface area contributed by atoms with Crippen molar-refractivity contribution in [2.24, 2.45) is 7.05 Å². The van der Waals surface area contributed by atoms with Gasteiger partial charge < -0.3 is 5.32 Å². The third-order valence-corrected chi connectivity index (χ3v) is 3.33. The molecule has 5 heteroatoms. The molecule has 1 heterocycles. The fraction of sp³-hybridized carbons (Fsp3) is 0.750. The Bertz CT molecular complexity index is 335. The van der Waals surface area contributed by atoms with Gasteiger partial charge in [0.15, 0.2) is 0 Å². The molecule has 0 amide bonds. The molecule has 2 rings (SSSR count). The number of nitrogens with zero attached hydrogens (tertiary/aromatic N) is 3. The fourth-order valence-electron chi connectivity index (χ4n) is 1.95. The van der Waals surface area contributed by atoms with Crippen LogP contribution in [0.3, 0.4) is 0 Å². The van der Waals surface area contributed by atoms with Crippen molar-refractivity contribution in [2.45, 2.75) is 38.4 Å². The van der Waals surface area contributed by atoms with E-state index in [1.165, 1.54) is 12.8 Å². The summed E-state index contributed by atoms with van der Waals surface area (Å²) in [6.45, 7) is 4.18. The maximum Gasteiger partial charge on any atom is 0.0762 e. The van der Waals surface area contributed by atoms with Crippen LogP contribution in [0.1, 0.15) is 25.5 Å². The lowest BCUT2D eigenvalue weighted by Crippen LogP contribution is -2.39. The lowest BCUT2D eigenvalue weighted by atomic mass is 10.3. The van der Waals surface area contributed by atoms with Gasteiger partial charge in [-0.25, -0.2) is 0 Å². The van der Waals surface area contributed by atoms with E-state index in [4.69, 9.17) is 0 Å². The number of nitrogens with one attached hydrogen (secondary N) is 1. The van der Waals surface area contributed by atoms with Gasteiger partial charge in [-0.2, -0.15) is 5.10 Å². The van der Waals surface area contributed by atoms with E-state index in [-0.39, 0.29) is 12.4 Å². The molecule has 0 bridgehead atoms. The quantitative estimate of drug-likeness (QED) is 0.838. The average molecular weight is 259 g/mol. The van der Waals surface area contributed by atoms with Crippen LogP contribution in [-0.4, -0.2) is 40.4 Å². The zero-order valence-corrected chi connectivity index (χ0v) is 11.7. The van der Waals surface area contributed by atoms with Gasteiger partial charge in [0.25, 0.3) is 0 Å². The van der Waals surface area contributed by atoms with Gasteiger partial charge in [0, 0.05) is 38.4 Å². The Labute approximate surface area is 110 Å². The highest BCUT2D eigenvalue weighted by atomic mass is 35.5. The summed E-state index contributed by atoms with van der Waals surface area (Å²) in [5.41, 5.74) is 1.11. The Hall–Kier alpha value is -0.580. The number of hydrogen-bond acceptors (Lipinski definition) is 3. The zero-order valence-electron chi connectivity index (χ0n) is 10.9. The number of halogens is 1. The van der Waals surface area contributed by atoms with Gasteiger partial charge in [0.05, 0.1) is 5.69 Å². The van der Waals surface area contributed by atoms with E-state index in [1.54, 1.807) is 0 Å². The van der Waals surface area contributed by atoms with Crippen LogP contribution in [-0.2, 0) is 13.6 Å². The Morgan fingerprint density at radius 3 is 2.82 bits per heavy atom. The van der Waals surface area contributed by atoms with Crippen molar-refractivity contribution in [3.05, 3.63) is 18.0 Å². The molecule has 1 aliphatic rings. The lowest BCUT2D eigenvalue weighted by Gasteiger charge is -2.24. The maximum atomic E-state index is 4.34. The summed E-state index contributed by atoms with van der Waals surface area (Å²) in [4.78, 5) is 2.48. The molecule has 0 saturated heterocycles. The maximum absolute atomic E-state index is 4.34. The normalized spacial score (nSPS) is 16.9. The van der Waals surface area contributed by atoms with E-state index in [2.05, 4.69) is 35.4 Å². The number of aryl methyl sites for hydroxylation is 1. The summed E-state index contributed by atoms with van der Waals surface area (Å²) >= 11 is 0. The van der Waals surface area contributed by atoms with E-state index in [1.807, 2.05) is 17.9 Å². The number of hydrogen-bond donors (Lipinski definition) is 1. The second kappa shape index (κ2) is 6.38. The summed E-state index contributed by atoms with van der Waals surface area (Å²) in [5, 5.41) is 7.80. The van der Waals surface area contributed by atoms with Crippen molar-refractivity contribution in [3.63, 3.8) is 0 Å². The van der Waals surface area contributed by atoms with Gasteiger partial charge in [0.2, 0.25) is 0 Å². The predicted octanol–water partition coefficient (Wildman–Crippen LogP) is 1.41. The van der Waals surface area contributed by atoms with Crippen molar-refractivity contribution >= 4 is 12.4 Å². The largest absolute Gasteiger partial charge is 0.310 e. The van der Waals surface area contributed by atoms with Gasteiger partial charge in [-0.05, 0) is 32.9 Å². The van der Waals surface area contributed by atoms with E-state index >= 15 is 0 Å². The fourth-order valence-corrected chi connectivity index (χ4v) is 1.95. The Kier molecular flexibility index (Phi) is 5.43. The molecule has 17 heavy (non-hydrogen) atoms. The van der Waals surface area contributed by atoms with Crippen LogP contribution in [0.4, 0.5) is 0 Å². The predicted molar refractivity (Wildman–Crippen MR) is 72.4 cm³/mol. The molecule has 4 nitrogen and oxygen atoms in total. The zero-order chi connectivity index (χ0) is 11.5. The topological polar surface area (TPSA) is 33.1 Å². The summed E-state index contributed by atoms with van der Waals surface area (Å²) in [5.74, 6) is 0. The van der Waals surface area contributed by atoms with Crippen LogP contribution in [0.5, 0.6) is 0 Å². The highest BCUT2D eigenvalue weighted by Crippen LogP contribution is 2.26. The van der Waals surface area contributed by atoms with E-state index in [0.717, 1.165) is 24.8 Å². The molecule has 1 atom stereocenters. The molecule has 98 valence electrons. The lowest BCUT2D eigenvalue weighted by molar-refractivity contribution is 0.241. The van der Waals surface area contributed by atoms with Gasteiger partial charge in [-0.15, -0.1) is 12.4 Å². The Morgan fingerprint density at radius 2 is 2.29 bits per heavy atom. The van der Waals surface area contributed by atoms with Crippen molar-refractivity contribution in [1.29, 1.82) is 0 Å². The number of likely N-dealkylation sites (N-methyl/N-ethyl adjacent to an activating group) is 1. The smallest absolute Gasteiger partial charge is 0.0762 e. The second-order valence-electron chi connectivity index (χ2n) is 4.86. The third-order valence-electron chi connectivity index (χ3n) is 3.33. The van der Waals surface area contributed by atoms with E-state index in [9.17, 15) is 0 Å². The molecule has 0 aromatic carbocycles. The van der Waals surface area contributed by atoms with Crippen molar-refractivity contribution in [2.75, 3.05) is 13.6 Å². The summed E-state index contributed by atoms with van der Waals surface area (Å²) in [6.07, 6.45) is 4.74. The minimum Gasteiger partial charge on any atom is -0.310 e. The summed E-state index contributed by atoms with van der Waals surface area (Å²) < 4.78 is 1.84. The minimum atomic E-state index is 0. The average Bonchev–Trinajstić information content (AvgIpc) is 3.02. The van der Waals surface area contributed by atoms with E-state index < -0.39 is 0 Å². The summed E-state index contributed by atoms with van der Waals surface area (Å²) in [6, 6.07) is 3.50. The molecular formula is C12H23ClN4.